The molecule has 3 N–H and O–H groups in total. The molecular formula is C38H46O3S. The van der Waals surface area contributed by atoms with E-state index in [4.69, 9.17) is 0 Å². The predicted molar refractivity (Wildman–Crippen MR) is 178 cm³/mol. The molecule has 0 saturated heterocycles. The summed E-state index contributed by atoms with van der Waals surface area (Å²) in [7, 11) is 0. The second-order valence-electron chi connectivity index (χ2n) is 13.8. The molecule has 0 spiro atoms. The van der Waals surface area contributed by atoms with Crippen molar-refractivity contribution in [1.82, 2.24) is 0 Å². The van der Waals surface area contributed by atoms with E-state index in [-0.39, 0.29) is 16.6 Å². The summed E-state index contributed by atoms with van der Waals surface area (Å²) in [6.07, 6.45) is 0. The van der Waals surface area contributed by atoms with E-state index < -0.39 is 5.41 Å². The minimum Gasteiger partial charge on any atom is -0.507 e. The molecule has 0 aliphatic rings. The van der Waals surface area contributed by atoms with Crippen LogP contribution in [-0.4, -0.2) is 15.3 Å². The normalized spacial score (nSPS) is 12.6. The maximum absolute atomic E-state index is 10.5. The van der Waals surface area contributed by atoms with Crippen molar-refractivity contribution in [3.63, 3.8) is 0 Å². The van der Waals surface area contributed by atoms with Crippen molar-refractivity contribution in [2.24, 2.45) is 0 Å². The zero-order valence-corrected chi connectivity index (χ0v) is 27.9. The van der Waals surface area contributed by atoms with Crippen molar-refractivity contribution in [3.05, 3.63) is 116 Å². The van der Waals surface area contributed by atoms with Crippen molar-refractivity contribution < 1.29 is 15.3 Å². The molecule has 4 rings (SSSR count). The van der Waals surface area contributed by atoms with Gasteiger partial charge in [0.25, 0.3) is 0 Å². The summed E-state index contributed by atoms with van der Waals surface area (Å²) in [5.41, 5.74) is 10.0. The van der Waals surface area contributed by atoms with Crippen molar-refractivity contribution >= 4 is 12.6 Å². The first-order valence-corrected chi connectivity index (χ1v) is 15.0. The Hall–Kier alpha value is -3.37. The van der Waals surface area contributed by atoms with Gasteiger partial charge in [0.15, 0.2) is 0 Å². The second-order valence-corrected chi connectivity index (χ2v) is 14.2. The SMILES string of the molecule is Cc1cc(C(C)(C)c2cc(C(C)(C)c3cc(C)c(O)c(C)c3)cc(C(C)(C)c3cc(C)c(O)c(S)c3)c2)cc(C)c1O. The van der Waals surface area contributed by atoms with Gasteiger partial charge in [0, 0.05) is 21.1 Å². The van der Waals surface area contributed by atoms with Crippen molar-refractivity contribution in [3.8, 4) is 17.2 Å². The Morgan fingerprint density at radius 1 is 0.381 bits per heavy atom. The third-order valence-corrected chi connectivity index (χ3v) is 9.87. The molecule has 0 bridgehead atoms. The second kappa shape index (κ2) is 10.7. The highest BCUT2D eigenvalue weighted by molar-refractivity contribution is 7.80. The summed E-state index contributed by atoms with van der Waals surface area (Å²) >= 11 is 4.57. The highest BCUT2D eigenvalue weighted by Crippen LogP contribution is 2.44. The molecule has 0 amide bonds. The predicted octanol–water partition coefficient (Wildman–Crippen LogP) is 9.61. The van der Waals surface area contributed by atoms with Crippen LogP contribution >= 0.6 is 12.6 Å². The van der Waals surface area contributed by atoms with E-state index in [1.54, 1.807) is 0 Å². The van der Waals surface area contributed by atoms with Crippen LogP contribution in [0.5, 0.6) is 17.2 Å². The third kappa shape index (κ3) is 5.42. The van der Waals surface area contributed by atoms with Gasteiger partial charge >= 0.3 is 0 Å². The van der Waals surface area contributed by atoms with Gasteiger partial charge in [0.2, 0.25) is 0 Å². The van der Waals surface area contributed by atoms with Gasteiger partial charge in [-0.25, -0.2) is 0 Å². The highest BCUT2D eigenvalue weighted by atomic mass is 32.1. The molecule has 4 heteroatoms. The molecule has 42 heavy (non-hydrogen) atoms. The van der Waals surface area contributed by atoms with Gasteiger partial charge in [-0.1, -0.05) is 90.1 Å². The molecule has 0 unspecified atom stereocenters. The van der Waals surface area contributed by atoms with Crippen LogP contribution in [0.1, 0.15) is 103 Å². The zero-order valence-electron chi connectivity index (χ0n) is 27.0. The number of phenolic OH excluding ortho intramolecular Hbond substituents is 3. The number of aryl methyl sites for hydroxylation is 5. The topological polar surface area (TPSA) is 60.7 Å². The molecule has 0 aliphatic heterocycles. The molecule has 3 nitrogen and oxygen atoms in total. The van der Waals surface area contributed by atoms with Gasteiger partial charge in [-0.2, -0.15) is 0 Å². The Morgan fingerprint density at radius 3 is 0.857 bits per heavy atom. The van der Waals surface area contributed by atoms with Crippen LogP contribution in [0.3, 0.4) is 0 Å². The van der Waals surface area contributed by atoms with E-state index in [2.05, 4.69) is 103 Å². The monoisotopic (exact) mass is 582 g/mol. The van der Waals surface area contributed by atoms with Crippen LogP contribution in [0, 0.1) is 34.6 Å². The maximum Gasteiger partial charge on any atom is 0.131 e. The van der Waals surface area contributed by atoms with Gasteiger partial charge in [-0.3, -0.25) is 0 Å². The standard InChI is InChI=1S/C38H46O3S/c1-21-12-26(13-22(2)33(21)39)36(6,7)29-17-30(37(8,9)27-14-23(3)34(40)24(4)15-27)19-31(18-29)38(10,11)28-16-25(5)35(41)32(42)20-28/h12-20,39-42H,1-11H3. The van der Waals surface area contributed by atoms with Gasteiger partial charge in [0.05, 0.1) is 0 Å². The Morgan fingerprint density at radius 2 is 0.595 bits per heavy atom. The summed E-state index contributed by atoms with van der Waals surface area (Å²) in [6.45, 7) is 23.1. The lowest BCUT2D eigenvalue weighted by molar-refractivity contribution is 0.457. The van der Waals surface area contributed by atoms with Crippen LogP contribution in [0.25, 0.3) is 0 Å². The molecule has 0 atom stereocenters. The van der Waals surface area contributed by atoms with E-state index in [0.29, 0.717) is 16.4 Å². The first kappa shape index (κ1) is 31.6. The fourth-order valence-corrected chi connectivity index (χ4v) is 6.28. The smallest absolute Gasteiger partial charge is 0.131 e. The van der Waals surface area contributed by atoms with Gasteiger partial charge in [0.1, 0.15) is 17.2 Å². The lowest BCUT2D eigenvalue weighted by Gasteiger charge is -2.35. The fourth-order valence-electron chi connectivity index (χ4n) is 5.97. The highest BCUT2D eigenvalue weighted by Gasteiger charge is 2.33. The van der Waals surface area contributed by atoms with Crippen molar-refractivity contribution in [2.75, 3.05) is 0 Å². The zero-order chi connectivity index (χ0) is 31.5. The Kier molecular flexibility index (Phi) is 8.06. The molecular weight excluding hydrogens is 536 g/mol. The lowest BCUT2D eigenvalue weighted by Crippen LogP contribution is -2.27. The van der Waals surface area contributed by atoms with Crippen LogP contribution in [-0.2, 0) is 16.2 Å². The van der Waals surface area contributed by atoms with E-state index in [1.807, 2.05) is 40.7 Å². The molecule has 0 aliphatic carbocycles. The molecule has 222 valence electrons. The number of hydrogen-bond donors (Lipinski definition) is 4. The van der Waals surface area contributed by atoms with Gasteiger partial charge in [-0.15, -0.1) is 12.6 Å². The number of thiol groups is 1. The minimum atomic E-state index is -0.394. The van der Waals surface area contributed by atoms with Crippen molar-refractivity contribution in [2.45, 2.75) is 97.3 Å². The molecule has 0 aromatic heterocycles. The fraction of sp³-hybridized carbons (Fsp3) is 0.368. The quantitative estimate of drug-likeness (QED) is 0.171. The van der Waals surface area contributed by atoms with Crippen LogP contribution < -0.4 is 0 Å². The summed E-state index contributed by atoms with van der Waals surface area (Å²) in [6, 6.07) is 19.3. The molecule has 4 aromatic rings. The average molecular weight is 583 g/mol. The minimum absolute atomic E-state index is 0.214. The number of hydrogen-bond acceptors (Lipinski definition) is 4. The summed E-state index contributed by atoms with van der Waals surface area (Å²) in [5, 5.41) is 31.5. The number of phenols is 3. The van der Waals surface area contributed by atoms with E-state index >= 15 is 0 Å². The Balaban J connectivity index is 2.02. The first-order chi connectivity index (χ1) is 19.3. The summed E-state index contributed by atoms with van der Waals surface area (Å²) < 4.78 is 0. The number of benzene rings is 4. The average Bonchev–Trinajstić information content (AvgIpc) is 2.91. The van der Waals surface area contributed by atoms with Gasteiger partial charge in [-0.05, 0) is 102 Å². The molecule has 0 heterocycles. The lowest BCUT2D eigenvalue weighted by atomic mass is 9.68. The molecule has 4 aromatic carbocycles. The van der Waals surface area contributed by atoms with Crippen LogP contribution in [0.2, 0.25) is 0 Å². The van der Waals surface area contributed by atoms with Gasteiger partial charge < -0.3 is 15.3 Å². The molecule has 0 radical (unpaired) electrons. The number of aromatic hydroxyl groups is 3. The van der Waals surface area contributed by atoms with Crippen LogP contribution in [0.4, 0.5) is 0 Å². The van der Waals surface area contributed by atoms with E-state index in [9.17, 15) is 15.3 Å². The summed E-state index contributed by atoms with van der Waals surface area (Å²) in [4.78, 5) is 0.570. The van der Waals surface area contributed by atoms with Crippen LogP contribution in [0.15, 0.2) is 59.5 Å². The largest absolute Gasteiger partial charge is 0.507 e. The third-order valence-electron chi connectivity index (χ3n) is 9.53. The van der Waals surface area contributed by atoms with E-state index in [1.165, 1.54) is 11.1 Å². The van der Waals surface area contributed by atoms with Crippen molar-refractivity contribution in [1.29, 1.82) is 0 Å². The maximum atomic E-state index is 10.5. The molecule has 0 fully saturated rings. The first-order valence-electron chi connectivity index (χ1n) is 14.6. The number of rotatable bonds is 6. The van der Waals surface area contributed by atoms with E-state index in [0.717, 1.165) is 50.1 Å². The summed E-state index contributed by atoms with van der Waals surface area (Å²) in [5.74, 6) is 0.898. The Bertz CT molecular complexity index is 1410. The Labute approximate surface area is 257 Å². The molecule has 0 saturated carbocycles.